The highest BCUT2D eigenvalue weighted by molar-refractivity contribution is 5.25. The molecule has 1 aromatic heterocycles. The fourth-order valence-electron chi connectivity index (χ4n) is 0.832. The van der Waals surface area contributed by atoms with Crippen LogP contribution in [0, 0.1) is 18.7 Å². The molecule has 0 amide bonds. The fraction of sp³-hybridized carbons (Fsp3) is 0.286. The number of nitrogens with zero attached hydrogens (tertiary/aromatic N) is 1. The molecule has 0 unspecified atom stereocenters. The van der Waals surface area contributed by atoms with Gasteiger partial charge in [-0.1, -0.05) is 0 Å². The molecule has 0 aliphatic heterocycles. The van der Waals surface area contributed by atoms with Crippen molar-refractivity contribution < 1.29 is 17.6 Å². The maximum absolute atomic E-state index is 12.6. The summed E-state index contributed by atoms with van der Waals surface area (Å²) in [6.07, 6.45) is -2.14. The van der Waals surface area contributed by atoms with E-state index in [9.17, 15) is 17.6 Å². The van der Waals surface area contributed by atoms with Crippen molar-refractivity contribution in [2.75, 3.05) is 0 Å². The Hall–Kier alpha value is -1.13. The average molecular weight is 179 g/mol. The lowest BCUT2D eigenvalue weighted by molar-refractivity contribution is 0.143. The first kappa shape index (κ1) is 8.96. The van der Waals surface area contributed by atoms with Gasteiger partial charge in [0.1, 0.15) is 0 Å². The molecule has 1 heterocycles. The molecular formula is C7H5F4N. The van der Waals surface area contributed by atoms with E-state index in [-0.39, 0.29) is 5.56 Å². The molecule has 0 N–H and O–H groups in total. The van der Waals surface area contributed by atoms with Crippen LogP contribution in [0.1, 0.15) is 17.6 Å². The molecule has 66 valence electrons. The molecule has 0 bridgehead atoms. The van der Waals surface area contributed by atoms with Crippen LogP contribution < -0.4 is 0 Å². The van der Waals surface area contributed by atoms with Crippen molar-refractivity contribution >= 4 is 0 Å². The van der Waals surface area contributed by atoms with Gasteiger partial charge in [0.2, 0.25) is 5.95 Å². The van der Waals surface area contributed by atoms with Crippen molar-refractivity contribution in [1.82, 2.24) is 4.98 Å². The second kappa shape index (κ2) is 3.08. The van der Waals surface area contributed by atoms with E-state index in [1.54, 1.807) is 0 Å². The molecule has 1 nitrogen and oxygen atoms in total. The number of alkyl halides is 2. The van der Waals surface area contributed by atoms with Crippen LogP contribution in [0.15, 0.2) is 6.20 Å². The quantitative estimate of drug-likeness (QED) is 0.477. The van der Waals surface area contributed by atoms with Crippen molar-refractivity contribution in [3.8, 4) is 0 Å². The predicted octanol–water partition coefficient (Wildman–Crippen LogP) is 2.61. The summed E-state index contributed by atoms with van der Waals surface area (Å²) in [4.78, 5) is 2.95. The van der Waals surface area contributed by atoms with Gasteiger partial charge in [-0.15, -0.1) is 0 Å². The van der Waals surface area contributed by atoms with Crippen LogP contribution in [0.3, 0.4) is 0 Å². The van der Waals surface area contributed by atoms with Crippen LogP contribution in [0.2, 0.25) is 0 Å². The Labute approximate surface area is 66.0 Å². The van der Waals surface area contributed by atoms with E-state index in [1.165, 1.54) is 6.92 Å². The summed E-state index contributed by atoms with van der Waals surface area (Å²) in [6, 6.07) is 0. The van der Waals surface area contributed by atoms with E-state index >= 15 is 0 Å². The Morgan fingerprint density at radius 3 is 2.33 bits per heavy atom. The topological polar surface area (TPSA) is 12.9 Å². The van der Waals surface area contributed by atoms with E-state index in [0.29, 0.717) is 0 Å². The number of aromatic nitrogens is 1. The fourth-order valence-corrected chi connectivity index (χ4v) is 0.832. The van der Waals surface area contributed by atoms with Gasteiger partial charge >= 0.3 is 0 Å². The molecular weight excluding hydrogens is 174 g/mol. The highest BCUT2D eigenvalue weighted by Crippen LogP contribution is 2.25. The third-order valence-electron chi connectivity index (χ3n) is 1.43. The maximum atomic E-state index is 12.6. The molecule has 0 aliphatic rings. The predicted molar refractivity (Wildman–Crippen MR) is 33.8 cm³/mol. The van der Waals surface area contributed by atoms with Crippen molar-refractivity contribution in [3.05, 3.63) is 29.1 Å². The molecule has 0 saturated heterocycles. The zero-order valence-electron chi connectivity index (χ0n) is 6.11. The summed E-state index contributed by atoms with van der Waals surface area (Å²) < 4.78 is 49.0. The van der Waals surface area contributed by atoms with Crippen LogP contribution in [0.5, 0.6) is 0 Å². The SMILES string of the molecule is Cc1cnc(F)c(F)c1C(F)F. The smallest absolute Gasteiger partial charge is 0.225 e. The second-order valence-electron chi connectivity index (χ2n) is 2.26. The van der Waals surface area contributed by atoms with Gasteiger partial charge < -0.3 is 0 Å². The molecule has 1 aromatic rings. The molecule has 0 aliphatic carbocycles. The number of halogens is 4. The molecule has 0 saturated carbocycles. The zero-order valence-corrected chi connectivity index (χ0v) is 6.11. The lowest BCUT2D eigenvalue weighted by Crippen LogP contribution is -2.00. The Bertz CT molecular complexity index is 298. The van der Waals surface area contributed by atoms with Gasteiger partial charge in [0.25, 0.3) is 6.43 Å². The third-order valence-corrected chi connectivity index (χ3v) is 1.43. The first-order valence-electron chi connectivity index (χ1n) is 3.12. The molecule has 0 aromatic carbocycles. The molecule has 5 heteroatoms. The first-order valence-corrected chi connectivity index (χ1v) is 3.12. The van der Waals surface area contributed by atoms with Crippen LogP contribution in [0.4, 0.5) is 17.6 Å². The lowest BCUT2D eigenvalue weighted by atomic mass is 10.1. The summed E-state index contributed by atoms with van der Waals surface area (Å²) >= 11 is 0. The van der Waals surface area contributed by atoms with Gasteiger partial charge in [0.05, 0.1) is 5.56 Å². The van der Waals surface area contributed by atoms with Crippen molar-refractivity contribution in [1.29, 1.82) is 0 Å². The number of hydrogen-bond acceptors (Lipinski definition) is 1. The van der Waals surface area contributed by atoms with Gasteiger partial charge in [-0.3, -0.25) is 0 Å². The standard InChI is InChI=1S/C7H5F4N/c1-3-2-12-7(11)5(8)4(3)6(9)10/h2,6H,1H3. The molecule has 0 atom stereocenters. The van der Waals surface area contributed by atoms with E-state index in [0.717, 1.165) is 6.20 Å². The largest absolute Gasteiger partial charge is 0.267 e. The molecule has 0 fully saturated rings. The van der Waals surface area contributed by atoms with Gasteiger partial charge in [0.15, 0.2) is 5.82 Å². The van der Waals surface area contributed by atoms with Crippen molar-refractivity contribution in [2.24, 2.45) is 0 Å². The average Bonchev–Trinajstić information content (AvgIpc) is 1.97. The summed E-state index contributed by atoms with van der Waals surface area (Å²) in [7, 11) is 0. The number of rotatable bonds is 1. The summed E-state index contributed by atoms with van der Waals surface area (Å²) in [5, 5.41) is 0. The van der Waals surface area contributed by atoms with E-state index in [1.807, 2.05) is 0 Å². The number of hydrogen-bond donors (Lipinski definition) is 0. The Balaban J connectivity index is 3.33. The van der Waals surface area contributed by atoms with Crippen LogP contribution in [0.25, 0.3) is 0 Å². The second-order valence-corrected chi connectivity index (χ2v) is 2.26. The van der Waals surface area contributed by atoms with Crippen molar-refractivity contribution in [2.45, 2.75) is 13.3 Å². The zero-order chi connectivity index (χ0) is 9.30. The summed E-state index contributed by atoms with van der Waals surface area (Å²) in [6.45, 7) is 1.25. The van der Waals surface area contributed by atoms with Crippen LogP contribution >= 0.6 is 0 Å². The Kier molecular flexibility index (Phi) is 2.30. The Morgan fingerprint density at radius 1 is 1.33 bits per heavy atom. The minimum Gasteiger partial charge on any atom is -0.225 e. The molecule has 0 spiro atoms. The van der Waals surface area contributed by atoms with E-state index in [2.05, 4.69) is 4.98 Å². The van der Waals surface area contributed by atoms with Crippen LogP contribution in [-0.2, 0) is 0 Å². The van der Waals surface area contributed by atoms with Crippen LogP contribution in [-0.4, -0.2) is 4.98 Å². The lowest BCUT2D eigenvalue weighted by Gasteiger charge is -2.04. The first-order chi connectivity index (χ1) is 5.54. The Morgan fingerprint density at radius 2 is 1.92 bits per heavy atom. The molecule has 1 rings (SSSR count). The van der Waals surface area contributed by atoms with Crippen molar-refractivity contribution in [3.63, 3.8) is 0 Å². The maximum Gasteiger partial charge on any atom is 0.267 e. The highest BCUT2D eigenvalue weighted by atomic mass is 19.3. The minimum absolute atomic E-state index is 0.0519. The molecule has 12 heavy (non-hydrogen) atoms. The van der Waals surface area contributed by atoms with Gasteiger partial charge in [0, 0.05) is 6.20 Å². The highest BCUT2D eigenvalue weighted by Gasteiger charge is 2.20. The van der Waals surface area contributed by atoms with E-state index in [4.69, 9.17) is 0 Å². The molecule has 0 radical (unpaired) electrons. The van der Waals surface area contributed by atoms with Gasteiger partial charge in [-0.25, -0.2) is 18.2 Å². The minimum atomic E-state index is -3.01. The summed E-state index contributed by atoms with van der Waals surface area (Å²) in [5.74, 6) is -3.05. The number of pyridine rings is 1. The van der Waals surface area contributed by atoms with Gasteiger partial charge in [-0.05, 0) is 12.5 Å². The monoisotopic (exact) mass is 179 g/mol. The third kappa shape index (κ3) is 1.39. The normalized spacial score (nSPS) is 10.8. The summed E-state index contributed by atoms with van der Waals surface area (Å²) in [5.41, 5.74) is -0.966. The van der Waals surface area contributed by atoms with Gasteiger partial charge in [-0.2, -0.15) is 4.39 Å². The number of aryl methyl sites for hydroxylation is 1. The van der Waals surface area contributed by atoms with E-state index < -0.39 is 23.8 Å².